The zero-order chi connectivity index (χ0) is 29.6. The number of urea groups is 1. The maximum Gasteiger partial charge on any atom is 0.320 e. The highest BCUT2D eigenvalue weighted by atomic mass is 79.9. The first-order valence-corrected chi connectivity index (χ1v) is 14.3. The Balaban J connectivity index is 1.72. The number of ether oxygens (including phenoxy) is 2. The predicted molar refractivity (Wildman–Crippen MR) is 163 cm³/mol. The number of fused-ring (bicyclic) bond motifs is 1. The normalized spacial score (nSPS) is 16.0. The molecule has 0 unspecified atom stereocenters. The molecule has 0 radical (unpaired) electrons. The van der Waals surface area contributed by atoms with Crippen molar-refractivity contribution >= 4 is 50.8 Å². The van der Waals surface area contributed by atoms with Gasteiger partial charge in [0, 0.05) is 34.6 Å². The molecular formula is C31H35BrN4O5. The molecule has 0 saturated carbocycles. The van der Waals surface area contributed by atoms with Crippen LogP contribution in [0.2, 0.25) is 0 Å². The summed E-state index contributed by atoms with van der Waals surface area (Å²) in [6.07, 6.45) is -1.03. The number of nitrogens with one attached hydrogen (secondary N) is 3. The van der Waals surface area contributed by atoms with E-state index in [1.54, 1.807) is 36.4 Å². The lowest BCUT2D eigenvalue weighted by Crippen LogP contribution is -2.56. The zero-order valence-corrected chi connectivity index (χ0v) is 25.2. The van der Waals surface area contributed by atoms with E-state index in [-0.39, 0.29) is 13.0 Å². The predicted octanol–water partition coefficient (Wildman–Crippen LogP) is 5.86. The van der Waals surface area contributed by atoms with Gasteiger partial charge in [0.15, 0.2) is 11.8 Å². The van der Waals surface area contributed by atoms with Crippen LogP contribution in [-0.2, 0) is 24.6 Å². The van der Waals surface area contributed by atoms with Crippen LogP contribution >= 0.6 is 15.9 Å². The summed E-state index contributed by atoms with van der Waals surface area (Å²) in [7, 11) is 0. The van der Waals surface area contributed by atoms with Gasteiger partial charge in [0.25, 0.3) is 5.91 Å². The van der Waals surface area contributed by atoms with Crippen molar-refractivity contribution in [1.29, 1.82) is 0 Å². The van der Waals surface area contributed by atoms with Gasteiger partial charge in [-0.05, 0) is 70.2 Å². The van der Waals surface area contributed by atoms with E-state index in [1.807, 2.05) is 58.0 Å². The van der Waals surface area contributed by atoms with Crippen molar-refractivity contribution in [3.05, 3.63) is 87.9 Å². The van der Waals surface area contributed by atoms with Crippen LogP contribution in [-0.4, -0.2) is 43.9 Å². The maximum absolute atomic E-state index is 14.4. The maximum atomic E-state index is 14.4. The third-order valence-electron chi connectivity index (χ3n) is 6.75. The second-order valence-electron chi connectivity index (χ2n) is 9.86. The summed E-state index contributed by atoms with van der Waals surface area (Å²) in [6.45, 7) is 8.46. The molecule has 1 aliphatic heterocycles. The molecule has 1 heterocycles. The van der Waals surface area contributed by atoms with Crippen LogP contribution in [0.3, 0.4) is 0 Å². The van der Waals surface area contributed by atoms with Crippen molar-refractivity contribution in [2.45, 2.75) is 45.9 Å². The molecule has 3 aromatic rings. The first kappa shape index (κ1) is 30.2. The Hall–Kier alpha value is -3.73. The first-order valence-electron chi connectivity index (χ1n) is 13.5. The molecule has 4 amide bonds. The van der Waals surface area contributed by atoms with E-state index in [4.69, 9.17) is 9.47 Å². The van der Waals surface area contributed by atoms with Crippen LogP contribution < -0.4 is 20.9 Å². The summed E-state index contributed by atoms with van der Waals surface area (Å²) in [6, 6.07) is 19.4. The Morgan fingerprint density at radius 2 is 1.44 bits per heavy atom. The summed E-state index contributed by atoms with van der Waals surface area (Å²) >= 11 is 3.50. The van der Waals surface area contributed by atoms with Crippen molar-refractivity contribution in [1.82, 2.24) is 5.32 Å². The molecule has 4 rings (SSSR count). The van der Waals surface area contributed by atoms with Gasteiger partial charge in [-0.1, -0.05) is 51.3 Å². The molecular weight excluding hydrogens is 588 g/mol. The van der Waals surface area contributed by atoms with Gasteiger partial charge in [-0.15, -0.1) is 0 Å². The molecule has 0 aliphatic carbocycles. The Bertz CT molecular complexity index is 1330. The van der Waals surface area contributed by atoms with Gasteiger partial charge in [0.1, 0.15) is 0 Å². The van der Waals surface area contributed by atoms with Crippen LogP contribution in [0.5, 0.6) is 0 Å². The van der Waals surface area contributed by atoms with Gasteiger partial charge in [0.05, 0.1) is 18.7 Å². The van der Waals surface area contributed by atoms with Gasteiger partial charge in [-0.3, -0.25) is 9.59 Å². The number of halogens is 1. The molecule has 10 heteroatoms. The van der Waals surface area contributed by atoms with E-state index >= 15 is 0 Å². The lowest BCUT2D eigenvalue weighted by Gasteiger charge is -2.30. The standard InChI is InChI=1S/C31H35BrN4O5/c1-5-40-28(41-6-2)19-36-26-16-11-22(32)17-25(26)31(29(36)38,18-27(37)33-23-12-7-20(3)8-13-23)35-30(39)34-24-14-9-21(4)10-15-24/h7-17,28H,5-6,18-19H2,1-4H3,(H,33,37)(H2,34,35,39)/t31-/m0/s1. The molecule has 1 aliphatic rings. The molecule has 1 atom stereocenters. The molecule has 9 nitrogen and oxygen atoms in total. The van der Waals surface area contributed by atoms with Gasteiger partial charge in [-0.25, -0.2) is 4.79 Å². The van der Waals surface area contributed by atoms with Crippen molar-refractivity contribution in [3.63, 3.8) is 0 Å². The number of hydrogen-bond donors (Lipinski definition) is 3. The molecule has 0 fully saturated rings. The number of nitrogens with zero attached hydrogens (tertiary/aromatic N) is 1. The minimum Gasteiger partial charge on any atom is -0.351 e. The molecule has 216 valence electrons. The summed E-state index contributed by atoms with van der Waals surface area (Å²) in [5.74, 6) is -0.898. The lowest BCUT2D eigenvalue weighted by atomic mass is 9.87. The minimum absolute atomic E-state index is 0.0811. The number of amides is 4. The molecule has 3 aromatic carbocycles. The highest BCUT2D eigenvalue weighted by Gasteiger charge is 2.54. The van der Waals surface area contributed by atoms with E-state index in [9.17, 15) is 14.4 Å². The monoisotopic (exact) mass is 622 g/mol. The van der Waals surface area contributed by atoms with Crippen LogP contribution in [0.15, 0.2) is 71.2 Å². The van der Waals surface area contributed by atoms with Gasteiger partial charge in [0.2, 0.25) is 5.91 Å². The smallest absolute Gasteiger partial charge is 0.320 e. The minimum atomic E-state index is -1.70. The average Bonchev–Trinajstić information content (AvgIpc) is 3.13. The Morgan fingerprint density at radius 1 is 0.878 bits per heavy atom. The van der Waals surface area contributed by atoms with E-state index in [0.717, 1.165) is 11.1 Å². The topological polar surface area (TPSA) is 109 Å². The third-order valence-corrected chi connectivity index (χ3v) is 7.25. The van der Waals surface area contributed by atoms with E-state index < -0.39 is 29.7 Å². The zero-order valence-electron chi connectivity index (χ0n) is 23.6. The highest BCUT2D eigenvalue weighted by molar-refractivity contribution is 9.10. The van der Waals surface area contributed by atoms with Crippen molar-refractivity contribution in [3.8, 4) is 0 Å². The van der Waals surface area contributed by atoms with Crippen molar-refractivity contribution in [2.24, 2.45) is 0 Å². The van der Waals surface area contributed by atoms with E-state index in [2.05, 4.69) is 31.9 Å². The summed E-state index contributed by atoms with van der Waals surface area (Å²) < 4.78 is 12.2. The van der Waals surface area contributed by atoms with E-state index in [0.29, 0.717) is 40.3 Å². The molecule has 41 heavy (non-hydrogen) atoms. The van der Waals surface area contributed by atoms with Crippen molar-refractivity contribution < 1.29 is 23.9 Å². The average molecular weight is 624 g/mol. The van der Waals surface area contributed by atoms with E-state index in [1.165, 1.54) is 4.90 Å². The SMILES string of the molecule is CCOC(CN1C(=O)[C@@](CC(=O)Nc2ccc(C)cc2)(NC(=O)Nc2ccc(C)cc2)c2cc(Br)ccc21)OCC. The third kappa shape index (κ3) is 7.13. The van der Waals surface area contributed by atoms with Gasteiger partial charge < -0.3 is 30.3 Å². The van der Waals surface area contributed by atoms with Crippen LogP contribution in [0, 0.1) is 13.8 Å². The summed E-state index contributed by atoms with van der Waals surface area (Å²) in [5.41, 5.74) is 2.57. The molecule has 3 N–H and O–H groups in total. The molecule has 0 spiro atoms. The summed E-state index contributed by atoms with van der Waals surface area (Å²) in [4.78, 5) is 42.8. The fourth-order valence-electron chi connectivity index (χ4n) is 4.81. The second kappa shape index (κ2) is 13.3. The largest absolute Gasteiger partial charge is 0.351 e. The molecule has 0 aromatic heterocycles. The number of anilines is 3. The number of hydrogen-bond acceptors (Lipinski definition) is 5. The Kier molecular flexibility index (Phi) is 9.80. The number of rotatable bonds is 11. The Morgan fingerprint density at radius 3 is 2.00 bits per heavy atom. The van der Waals surface area contributed by atoms with Crippen molar-refractivity contribution in [2.75, 3.05) is 35.3 Å². The fourth-order valence-corrected chi connectivity index (χ4v) is 5.17. The Labute approximate surface area is 248 Å². The van der Waals surface area contributed by atoms with Crippen LogP contribution in [0.4, 0.5) is 21.9 Å². The molecule has 0 bridgehead atoms. The second-order valence-corrected chi connectivity index (χ2v) is 10.8. The molecule has 0 saturated heterocycles. The highest BCUT2D eigenvalue weighted by Crippen LogP contribution is 2.44. The number of benzene rings is 3. The number of aryl methyl sites for hydroxylation is 2. The quantitative estimate of drug-likeness (QED) is 0.232. The lowest BCUT2D eigenvalue weighted by molar-refractivity contribution is -0.138. The number of carbonyl (C=O) groups excluding carboxylic acids is 3. The van der Waals surface area contributed by atoms with Crippen LogP contribution in [0.1, 0.15) is 37.0 Å². The number of carbonyl (C=O) groups is 3. The van der Waals surface area contributed by atoms with Gasteiger partial charge in [-0.2, -0.15) is 0 Å². The fraction of sp³-hybridized carbons (Fsp3) is 0.323. The summed E-state index contributed by atoms with van der Waals surface area (Å²) in [5, 5.41) is 8.55. The van der Waals surface area contributed by atoms with Gasteiger partial charge >= 0.3 is 6.03 Å². The first-order chi connectivity index (χ1) is 19.6. The van der Waals surface area contributed by atoms with Crippen LogP contribution in [0.25, 0.3) is 0 Å².